The molecule has 0 heterocycles. The van der Waals surface area contributed by atoms with Crippen LogP contribution >= 0.6 is 0 Å². The maximum absolute atomic E-state index is 13.2. The lowest BCUT2D eigenvalue weighted by Crippen LogP contribution is -2.31. The van der Waals surface area contributed by atoms with E-state index in [1.165, 1.54) is 0 Å². The van der Waals surface area contributed by atoms with Crippen molar-refractivity contribution in [3.05, 3.63) is 107 Å². The van der Waals surface area contributed by atoms with E-state index in [0.717, 1.165) is 27.9 Å². The van der Waals surface area contributed by atoms with Crippen LogP contribution in [0.25, 0.3) is 6.08 Å². The van der Waals surface area contributed by atoms with Crippen molar-refractivity contribution in [2.75, 3.05) is 4.90 Å². The van der Waals surface area contributed by atoms with Crippen molar-refractivity contribution >= 4 is 23.6 Å². The van der Waals surface area contributed by atoms with Crippen LogP contribution in [-0.4, -0.2) is 17.9 Å². The van der Waals surface area contributed by atoms with Gasteiger partial charge in [0.15, 0.2) is 0 Å². The van der Waals surface area contributed by atoms with Gasteiger partial charge in [-0.25, -0.2) is 0 Å². The zero-order valence-corrected chi connectivity index (χ0v) is 18.9. The molecule has 32 heavy (non-hydrogen) atoms. The Kier molecular flexibility index (Phi) is 7.98. The van der Waals surface area contributed by atoms with Crippen molar-refractivity contribution in [2.45, 2.75) is 39.8 Å². The number of amides is 2. The van der Waals surface area contributed by atoms with Crippen molar-refractivity contribution < 1.29 is 9.59 Å². The zero-order chi connectivity index (χ0) is 22.9. The Labute approximate surface area is 190 Å². The average molecular weight is 427 g/mol. The van der Waals surface area contributed by atoms with E-state index in [4.69, 9.17) is 0 Å². The lowest BCUT2D eigenvalue weighted by molar-refractivity contribution is -0.121. The van der Waals surface area contributed by atoms with Crippen molar-refractivity contribution in [1.29, 1.82) is 0 Å². The van der Waals surface area contributed by atoms with E-state index < -0.39 is 0 Å². The highest BCUT2D eigenvalue weighted by Crippen LogP contribution is 2.20. The quantitative estimate of drug-likeness (QED) is 0.496. The number of benzene rings is 3. The van der Waals surface area contributed by atoms with E-state index in [1.807, 2.05) is 99.6 Å². The molecule has 3 rings (SSSR count). The third-order valence-corrected chi connectivity index (χ3v) is 4.97. The monoisotopic (exact) mass is 426 g/mol. The zero-order valence-electron chi connectivity index (χ0n) is 18.9. The van der Waals surface area contributed by atoms with Gasteiger partial charge in [-0.1, -0.05) is 72.3 Å². The number of anilines is 1. The topological polar surface area (TPSA) is 49.4 Å². The van der Waals surface area contributed by atoms with Gasteiger partial charge in [0, 0.05) is 17.8 Å². The van der Waals surface area contributed by atoms with Gasteiger partial charge in [-0.2, -0.15) is 0 Å². The maximum atomic E-state index is 13.2. The predicted octanol–water partition coefficient (Wildman–Crippen LogP) is 5.31. The van der Waals surface area contributed by atoms with E-state index in [1.54, 1.807) is 11.0 Å². The van der Waals surface area contributed by atoms with Gasteiger partial charge in [0.1, 0.15) is 0 Å². The molecule has 0 radical (unpaired) electrons. The molecule has 0 atom stereocenters. The number of carbonyl (C=O) groups is 2. The Bertz CT molecular complexity index is 1070. The van der Waals surface area contributed by atoms with Crippen molar-refractivity contribution in [3.8, 4) is 0 Å². The molecule has 164 valence electrons. The number of hydrogen-bond acceptors (Lipinski definition) is 2. The minimum absolute atomic E-state index is 0.00811. The van der Waals surface area contributed by atoms with E-state index in [0.29, 0.717) is 13.0 Å². The highest BCUT2D eigenvalue weighted by atomic mass is 16.2. The molecule has 0 aliphatic carbocycles. The molecule has 0 aliphatic heterocycles. The molecular weight excluding hydrogens is 396 g/mol. The summed E-state index contributed by atoms with van der Waals surface area (Å²) in [6, 6.07) is 25.7. The van der Waals surface area contributed by atoms with Crippen LogP contribution in [0.15, 0.2) is 84.9 Å². The molecule has 4 heteroatoms. The third-order valence-electron chi connectivity index (χ3n) is 4.97. The summed E-state index contributed by atoms with van der Waals surface area (Å²) in [5.74, 6) is -0.105. The van der Waals surface area contributed by atoms with E-state index in [-0.39, 0.29) is 17.9 Å². The highest BCUT2D eigenvalue weighted by Gasteiger charge is 2.15. The highest BCUT2D eigenvalue weighted by molar-refractivity contribution is 6.03. The van der Waals surface area contributed by atoms with Crippen molar-refractivity contribution in [3.63, 3.8) is 0 Å². The lowest BCUT2D eigenvalue weighted by Gasteiger charge is -2.22. The number of aryl methyl sites for hydroxylation is 1. The Morgan fingerprint density at radius 1 is 0.906 bits per heavy atom. The first-order valence-electron chi connectivity index (χ1n) is 10.9. The van der Waals surface area contributed by atoms with Gasteiger partial charge in [0.25, 0.3) is 5.91 Å². The summed E-state index contributed by atoms with van der Waals surface area (Å²) >= 11 is 0. The number of hydrogen-bond donors (Lipinski definition) is 1. The molecule has 3 aromatic carbocycles. The minimum Gasteiger partial charge on any atom is -0.354 e. The predicted molar refractivity (Wildman–Crippen MR) is 131 cm³/mol. The SMILES string of the molecule is Cc1cccc(CN(C(=O)/C=C/c2ccccc2)c2ccc(CC(=O)NC(C)C)cc2)c1. The van der Waals surface area contributed by atoms with Gasteiger partial charge in [-0.15, -0.1) is 0 Å². The Morgan fingerprint density at radius 2 is 1.62 bits per heavy atom. The largest absolute Gasteiger partial charge is 0.354 e. The number of nitrogens with zero attached hydrogens (tertiary/aromatic N) is 1. The second kappa shape index (κ2) is 11.1. The van der Waals surface area contributed by atoms with E-state index in [2.05, 4.69) is 11.4 Å². The Morgan fingerprint density at radius 3 is 2.28 bits per heavy atom. The molecular formula is C28H30N2O2. The smallest absolute Gasteiger partial charge is 0.251 e. The Hall–Kier alpha value is -3.66. The molecule has 0 bridgehead atoms. The van der Waals surface area contributed by atoms with E-state index in [9.17, 15) is 9.59 Å². The summed E-state index contributed by atoms with van der Waals surface area (Å²) in [6.45, 7) is 6.40. The number of nitrogens with one attached hydrogen (secondary N) is 1. The van der Waals surface area contributed by atoms with Gasteiger partial charge in [-0.05, 0) is 55.7 Å². The summed E-state index contributed by atoms with van der Waals surface area (Å²) in [5, 5.41) is 2.90. The van der Waals surface area contributed by atoms with E-state index >= 15 is 0 Å². The average Bonchev–Trinajstić information content (AvgIpc) is 2.77. The van der Waals surface area contributed by atoms with Gasteiger partial charge in [0.05, 0.1) is 13.0 Å². The fourth-order valence-corrected chi connectivity index (χ4v) is 3.46. The summed E-state index contributed by atoms with van der Waals surface area (Å²) < 4.78 is 0. The van der Waals surface area contributed by atoms with Crippen LogP contribution < -0.4 is 10.2 Å². The molecule has 2 amide bonds. The molecule has 3 aromatic rings. The molecule has 0 unspecified atom stereocenters. The summed E-state index contributed by atoms with van der Waals surface area (Å²) in [6.07, 6.45) is 3.75. The fraction of sp³-hybridized carbons (Fsp3) is 0.214. The molecule has 0 aliphatic rings. The van der Waals surface area contributed by atoms with Crippen molar-refractivity contribution in [2.24, 2.45) is 0 Å². The fourth-order valence-electron chi connectivity index (χ4n) is 3.46. The summed E-state index contributed by atoms with van der Waals surface area (Å²) in [7, 11) is 0. The number of rotatable bonds is 8. The normalized spacial score (nSPS) is 11.0. The van der Waals surface area contributed by atoms with Crippen LogP contribution in [0.4, 0.5) is 5.69 Å². The third kappa shape index (κ3) is 6.95. The molecule has 0 spiro atoms. The molecule has 1 N–H and O–H groups in total. The maximum Gasteiger partial charge on any atom is 0.251 e. The second-order valence-electron chi connectivity index (χ2n) is 8.22. The first kappa shape index (κ1) is 23.0. The standard InChI is InChI=1S/C28H30N2O2/c1-21(2)29-27(31)19-24-12-15-26(16-13-24)30(20-25-11-7-8-22(3)18-25)28(32)17-14-23-9-5-4-6-10-23/h4-18,21H,19-20H2,1-3H3,(H,29,31)/b17-14+. The number of carbonyl (C=O) groups excluding carboxylic acids is 2. The van der Waals surface area contributed by atoms with Gasteiger partial charge >= 0.3 is 0 Å². The van der Waals surface area contributed by atoms with Crippen LogP contribution in [-0.2, 0) is 22.6 Å². The van der Waals surface area contributed by atoms with Crippen LogP contribution in [0.2, 0.25) is 0 Å². The van der Waals surface area contributed by atoms with Crippen LogP contribution in [0, 0.1) is 6.92 Å². The summed E-state index contributed by atoms with van der Waals surface area (Å²) in [5.41, 5.74) is 4.90. The first-order valence-corrected chi connectivity index (χ1v) is 10.9. The molecule has 0 fully saturated rings. The lowest BCUT2D eigenvalue weighted by atomic mass is 10.1. The van der Waals surface area contributed by atoms with Gasteiger partial charge in [-0.3, -0.25) is 9.59 Å². The second-order valence-corrected chi connectivity index (χ2v) is 8.22. The van der Waals surface area contributed by atoms with Crippen molar-refractivity contribution in [1.82, 2.24) is 5.32 Å². The van der Waals surface area contributed by atoms with Gasteiger partial charge < -0.3 is 10.2 Å². The van der Waals surface area contributed by atoms with Crippen LogP contribution in [0.3, 0.4) is 0 Å². The minimum atomic E-state index is -0.0966. The molecule has 0 aromatic heterocycles. The molecule has 0 saturated heterocycles. The van der Waals surface area contributed by atoms with Crippen LogP contribution in [0.5, 0.6) is 0 Å². The Balaban J connectivity index is 1.82. The molecule has 0 saturated carbocycles. The van der Waals surface area contributed by atoms with Crippen LogP contribution in [0.1, 0.15) is 36.1 Å². The molecule has 4 nitrogen and oxygen atoms in total. The first-order chi connectivity index (χ1) is 15.4. The summed E-state index contributed by atoms with van der Waals surface area (Å²) in [4.78, 5) is 27.0. The van der Waals surface area contributed by atoms with Gasteiger partial charge in [0.2, 0.25) is 5.91 Å².